The van der Waals surface area contributed by atoms with E-state index in [0.29, 0.717) is 12.3 Å². The molecule has 0 atom stereocenters. The molecule has 1 amide bonds. The van der Waals surface area contributed by atoms with Gasteiger partial charge >= 0.3 is 0 Å². The molecule has 0 aliphatic heterocycles. The first-order valence-corrected chi connectivity index (χ1v) is 10.3. The number of carbonyl (C=O) groups is 1. The largest absolute Gasteiger partial charge is 0.483 e. The molecule has 3 rings (SSSR count). The van der Waals surface area contributed by atoms with Crippen LogP contribution in [0.4, 0.5) is 11.4 Å². The van der Waals surface area contributed by atoms with Gasteiger partial charge in [0.2, 0.25) is 0 Å². The standard InChI is InChI=1S/C24H25BrN2O2/c1-16-4-8-20(9-5-16)27-24(28)15-29-23-11-7-19(13-22(23)25)14-26-21-10-6-17(2)18(3)12-21/h4-13,26H,14-15H2,1-3H3,(H,27,28). The first-order chi connectivity index (χ1) is 13.9. The molecule has 0 saturated carbocycles. The maximum atomic E-state index is 12.1. The third-order valence-corrected chi connectivity index (χ3v) is 5.31. The van der Waals surface area contributed by atoms with Crippen molar-refractivity contribution < 1.29 is 9.53 Å². The third-order valence-electron chi connectivity index (χ3n) is 4.69. The van der Waals surface area contributed by atoms with Gasteiger partial charge in [0.25, 0.3) is 5.91 Å². The number of nitrogens with one attached hydrogen (secondary N) is 2. The lowest BCUT2D eigenvalue weighted by Crippen LogP contribution is -2.20. The molecule has 0 unspecified atom stereocenters. The fourth-order valence-corrected chi connectivity index (χ4v) is 3.34. The van der Waals surface area contributed by atoms with Gasteiger partial charge in [-0.3, -0.25) is 4.79 Å². The van der Waals surface area contributed by atoms with Crippen LogP contribution in [0.1, 0.15) is 22.3 Å². The number of hydrogen-bond donors (Lipinski definition) is 2. The van der Waals surface area contributed by atoms with Gasteiger partial charge in [0.15, 0.2) is 6.61 Å². The molecule has 0 spiro atoms. The van der Waals surface area contributed by atoms with E-state index in [1.54, 1.807) is 0 Å². The molecule has 3 aromatic carbocycles. The highest BCUT2D eigenvalue weighted by Crippen LogP contribution is 2.26. The third kappa shape index (κ3) is 6.09. The van der Waals surface area contributed by atoms with E-state index >= 15 is 0 Å². The van der Waals surface area contributed by atoms with E-state index in [-0.39, 0.29) is 12.5 Å². The molecule has 2 N–H and O–H groups in total. The van der Waals surface area contributed by atoms with Crippen LogP contribution in [0.2, 0.25) is 0 Å². The number of carbonyl (C=O) groups excluding carboxylic acids is 1. The lowest BCUT2D eigenvalue weighted by Gasteiger charge is -2.12. The molecule has 0 aliphatic carbocycles. The summed E-state index contributed by atoms with van der Waals surface area (Å²) in [5.41, 5.74) is 6.67. The summed E-state index contributed by atoms with van der Waals surface area (Å²) in [6, 6.07) is 19.9. The van der Waals surface area contributed by atoms with Gasteiger partial charge in [-0.05, 0) is 89.8 Å². The van der Waals surface area contributed by atoms with Gasteiger partial charge < -0.3 is 15.4 Å². The monoisotopic (exact) mass is 452 g/mol. The Morgan fingerprint density at radius 1 is 0.897 bits per heavy atom. The Bertz CT molecular complexity index is 1000. The molecule has 0 heterocycles. The van der Waals surface area contributed by atoms with E-state index in [1.807, 2.05) is 49.4 Å². The van der Waals surface area contributed by atoms with Crippen molar-refractivity contribution in [1.82, 2.24) is 0 Å². The van der Waals surface area contributed by atoms with Crippen molar-refractivity contribution in [2.24, 2.45) is 0 Å². The van der Waals surface area contributed by atoms with Gasteiger partial charge in [-0.1, -0.05) is 29.8 Å². The molecular formula is C24H25BrN2O2. The molecule has 5 heteroatoms. The van der Waals surface area contributed by atoms with Crippen LogP contribution in [0, 0.1) is 20.8 Å². The van der Waals surface area contributed by atoms with Crippen molar-refractivity contribution in [2.45, 2.75) is 27.3 Å². The average molecular weight is 453 g/mol. The predicted octanol–water partition coefficient (Wildman–Crippen LogP) is 6.00. The number of aryl methyl sites for hydroxylation is 3. The molecule has 0 aliphatic rings. The van der Waals surface area contributed by atoms with E-state index in [1.165, 1.54) is 11.1 Å². The van der Waals surface area contributed by atoms with E-state index in [4.69, 9.17) is 4.74 Å². The van der Waals surface area contributed by atoms with Gasteiger partial charge in [0, 0.05) is 17.9 Å². The lowest BCUT2D eigenvalue weighted by atomic mass is 10.1. The van der Waals surface area contributed by atoms with Gasteiger partial charge in [-0.25, -0.2) is 0 Å². The SMILES string of the molecule is Cc1ccc(NC(=O)COc2ccc(CNc3ccc(C)c(C)c3)cc2Br)cc1. The molecule has 0 fully saturated rings. The van der Waals surface area contributed by atoms with E-state index in [0.717, 1.165) is 27.0 Å². The lowest BCUT2D eigenvalue weighted by molar-refractivity contribution is -0.118. The average Bonchev–Trinajstić information content (AvgIpc) is 2.70. The fourth-order valence-electron chi connectivity index (χ4n) is 2.80. The second-order valence-corrected chi connectivity index (χ2v) is 7.97. The van der Waals surface area contributed by atoms with Crippen molar-refractivity contribution in [3.8, 4) is 5.75 Å². The highest BCUT2D eigenvalue weighted by molar-refractivity contribution is 9.10. The minimum Gasteiger partial charge on any atom is -0.483 e. The summed E-state index contributed by atoms with van der Waals surface area (Å²) in [5, 5.41) is 6.26. The molecule has 29 heavy (non-hydrogen) atoms. The zero-order valence-corrected chi connectivity index (χ0v) is 18.5. The number of halogens is 1. The Morgan fingerprint density at radius 3 is 2.31 bits per heavy atom. The maximum absolute atomic E-state index is 12.1. The Labute approximate surface area is 180 Å². The van der Waals surface area contributed by atoms with E-state index in [2.05, 4.69) is 58.6 Å². The Balaban J connectivity index is 1.52. The first-order valence-electron chi connectivity index (χ1n) is 9.49. The van der Waals surface area contributed by atoms with Crippen LogP contribution in [0.3, 0.4) is 0 Å². The number of rotatable bonds is 7. The molecule has 3 aromatic rings. The summed E-state index contributed by atoms with van der Waals surface area (Å²) in [4.78, 5) is 12.1. The second kappa shape index (κ2) is 9.61. The molecular weight excluding hydrogens is 428 g/mol. The smallest absolute Gasteiger partial charge is 0.262 e. The van der Waals surface area contributed by atoms with E-state index in [9.17, 15) is 4.79 Å². The van der Waals surface area contributed by atoms with Crippen LogP contribution in [0.15, 0.2) is 65.1 Å². The van der Waals surface area contributed by atoms with Gasteiger partial charge in [-0.15, -0.1) is 0 Å². The number of amides is 1. The number of anilines is 2. The van der Waals surface area contributed by atoms with Crippen LogP contribution >= 0.6 is 15.9 Å². The van der Waals surface area contributed by atoms with E-state index < -0.39 is 0 Å². The molecule has 4 nitrogen and oxygen atoms in total. The summed E-state index contributed by atoms with van der Waals surface area (Å²) >= 11 is 3.53. The number of hydrogen-bond acceptors (Lipinski definition) is 3. The Morgan fingerprint density at radius 2 is 1.62 bits per heavy atom. The minimum atomic E-state index is -0.193. The van der Waals surface area contributed by atoms with Gasteiger partial charge in [-0.2, -0.15) is 0 Å². The van der Waals surface area contributed by atoms with Gasteiger partial charge in [0.05, 0.1) is 4.47 Å². The highest BCUT2D eigenvalue weighted by atomic mass is 79.9. The second-order valence-electron chi connectivity index (χ2n) is 7.12. The van der Waals surface area contributed by atoms with Gasteiger partial charge in [0.1, 0.15) is 5.75 Å². The highest BCUT2D eigenvalue weighted by Gasteiger charge is 2.07. The molecule has 0 radical (unpaired) electrons. The molecule has 150 valence electrons. The Kier molecular flexibility index (Phi) is 6.94. The molecule has 0 aromatic heterocycles. The van der Waals surface area contributed by atoms with Crippen molar-refractivity contribution in [2.75, 3.05) is 17.2 Å². The quantitative estimate of drug-likeness (QED) is 0.461. The van der Waals surface area contributed by atoms with Crippen LogP contribution in [-0.4, -0.2) is 12.5 Å². The van der Waals surface area contributed by atoms with Crippen molar-refractivity contribution in [1.29, 1.82) is 0 Å². The van der Waals surface area contributed by atoms with Crippen LogP contribution in [0.25, 0.3) is 0 Å². The van der Waals surface area contributed by atoms with Crippen molar-refractivity contribution >= 4 is 33.2 Å². The summed E-state index contributed by atoms with van der Waals surface area (Å²) in [6.45, 7) is 6.88. The predicted molar refractivity (Wildman–Crippen MR) is 123 cm³/mol. The summed E-state index contributed by atoms with van der Waals surface area (Å²) in [6.07, 6.45) is 0. The fraction of sp³-hybridized carbons (Fsp3) is 0.208. The number of benzene rings is 3. The van der Waals surface area contributed by atoms with Crippen LogP contribution in [-0.2, 0) is 11.3 Å². The summed E-state index contributed by atoms with van der Waals surface area (Å²) in [7, 11) is 0. The number of ether oxygens (including phenoxy) is 1. The summed E-state index contributed by atoms with van der Waals surface area (Å²) in [5.74, 6) is 0.445. The molecule has 0 bridgehead atoms. The zero-order valence-electron chi connectivity index (χ0n) is 16.9. The summed E-state index contributed by atoms with van der Waals surface area (Å²) < 4.78 is 6.48. The normalized spacial score (nSPS) is 10.5. The zero-order chi connectivity index (χ0) is 20.8. The maximum Gasteiger partial charge on any atom is 0.262 e. The first kappa shape index (κ1) is 20.9. The minimum absolute atomic E-state index is 0.0489. The van der Waals surface area contributed by atoms with Crippen LogP contribution in [0.5, 0.6) is 5.75 Å². The molecule has 0 saturated heterocycles. The van der Waals surface area contributed by atoms with Crippen molar-refractivity contribution in [3.05, 3.63) is 87.4 Å². The van der Waals surface area contributed by atoms with Crippen LogP contribution < -0.4 is 15.4 Å². The Hall–Kier alpha value is -2.79. The topological polar surface area (TPSA) is 50.4 Å². The van der Waals surface area contributed by atoms with Crippen molar-refractivity contribution in [3.63, 3.8) is 0 Å².